The van der Waals surface area contributed by atoms with Gasteiger partial charge in [0.25, 0.3) is 0 Å². The second-order valence-electron chi connectivity index (χ2n) is 2.42. The molecule has 0 aliphatic rings. The van der Waals surface area contributed by atoms with E-state index in [1.54, 1.807) is 24.3 Å². The van der Waals surface area contributed by atoms with Gasteiger partial charge in [-0.15, -0.1) is 0 Å². The van der Waals surface area contributed by atoms with E-state index in [1.807, 2.05) is 0 Å². The highest BCUT2D eigenvalue weighted by molar-refractivity contribution is 5.61. The van der Waals surface area contributed by atoms with Gasteiger partial charge in [0.2, 0.25) is 5.88 Å². The second-order valence-corrected chi connectivity index (χ2v) is 2.42. The van der Waals surface area contributed by atoms with Gasteiger partial charge in [0.1, 0.15) is 17.7 Å². The Labute approximate surface area is 81.7 Å². The predicted molar refractivity (Wildman–Crippen MR) is 50.0 cm³/mol. The molecule has 68 valence electrons. The molecule has 0 amide bonds. The monoisotopic (exact) mass is 185 g/mol. The van der Waals surface area contributed by atoms with Gasteiger partial charge in [0.05, 0.1) is 7.11 Å². The van der Waals surface area contributed by atoms with Gasteiger partial charge in [-0.05, 0) is 17.7 Å². The van der Waals surface area contributed by atoms with Crippen molar-refractivity contribution in [1.82, 2.24) is 4.98 Å². The van der Waals surface area contributed by atoms with Crippen molar-refractivity contribution >= 4 is 6.08 Å². The average Bonchev–Trinajstić information content (AvgIpc) is 2.26. The van der Waals surface area contributed by atoms with E-state index in [1.165, 1.54) is 19.4 Å². The smallest absolute Gasteiger partial charge is 0.212 e. The van der Waals surface area contributed by atoms with Crippen molar-refractivity contribution in [2.24, 2.45) is 0 Å². The van der Waals surface area contributed by atoms with Crippen LogP contribution < -0.4 is 4.74 Å². The lowest BCUT2D eigenvalue weighted by Gasteiger charge is -1.97. The molecule has 1 aromatic rings. The summed E-state index contributed by atoms with van der Waals surface area (Å²) < 4.78 is 4.86. The van der Waals surface area contributed by atoms with Gasteiger partial charge < -0.3 is 4.74 Å². The summed E-state index contributed by atoms with van der Waals surface area (Å²) in [6.45, 7) is 0. The Kier molecular flexibility index (Phi) is 3.23. The van der Waals surface area contributed by atoms with Crippen molar-refractivity contribution < 1.29 is 4.74 Å². The summed E-state index contributed by atoms with van der Waals surface area (Å²) in [6.07, 6.45) is 3.00. The molecule has 4 nitrogen and oxygen atoms in total. The maximum Gasteiger partial charge on any atom is 0.212 e. The normalized spacial score (nSPS) is 8.21. The number of nitriles is 2. The van der Waals surface area contributed by atoms with Gasteiger partial charge in [-0.1, -0.05) is 0 Å². The minimum atomic E-state index is 0.0527. The SMILES string of the molecule is COc1ccc(C=C(C#N)C#N)cn1. The van der Waals surface area contributed by atoms with Gasteiger partial charge in [-0.2, -0.15) is 10.5 Å². The standard InChI is InChI=1S/C10H7N3O/c1-14-10-3-2-8(7-13-10)4-9(5-11)6-12/h2-4,7H,1H3. The Balaban J connectivity index is 2.95. The van der Waals surface area contributed by atoms with Crippen LogP contribution in [-0.4, -0.2) is 12.1 Å². The summed E-state index contributed by atoms with van der Waals surface area (Å²) in [7, 11) is 1.52. The minimum Gasteiger partial charge on any atom is -0.481 e. The quantitative estimate of drug-likeness (QED) is 0.655. The van der Waals surface area contributed by atoms with E-state index < -0.39 is 0 Å². The number of ether oxygens (including phenoxy) is 1. The third kappa shape index (κ3) is 2.33. The third-order valence-electron chi connectivity index (χ3n) is 1.52. The molecule has 1 aromatic heterocycles. The molecule has 1 rings (SSSR count). The molecule has 4 heteroatoms. The number of hydrogen-bond donors (Lipinski definition) is 0. The number of rotatable bonds is 2. The van der Waals surface area contributed by atoms with Gasteiger partial charge in [0, 0.05) is 12.3 Å². The van der Waals surface area contributed by atoms with E-state index in [9.17, 15) is 0 Å². The Morgan fingerprint density at radius 1 is 1.43 bits per heavy atom. The second kappa shape index (κ2) is 4.64. The van der Waals surface area contributed by atoms with Crippen molar-refractivity contribution in [2.75, 3.05) is 7.11 Å². The van der Waals surface area contributed by atoms with Crippen LogP contribution in [0.5, 0.6) is 5.88 Å². The Hall–Kier alpha value is -2.33. The minimum absolute atomic E-state index is 0.0527. The summed E-state index contributed by atoms with van der Waals surface area (Å²) in [5.41, 5.74) is 0.751. The van der Waals surface area contributed by atoms with Crippen molar-refractivity contribution in [2.45, 2.75) is 0 Å². The first-order valence-electron chi connectivity index (χ1n) is 3.82. The van der Waals surface area contributed by atoms with E-state index in [0.29, 0.717) is 11.4 Å². The lowest BCUT2D eigenvalue weighted by atomic mass is 10.2. The molecular formula is C10H7N3O. The number of pyridine rings is 1. The number of nitrogens with zero attached hydrogens (tertiary/aromatic N) is 3. The molecule has 0 atom stereocenters. The van der Waals surface area contributed by atoms with Crippen LogP contribution in [0.25, 0.3) is 6.08 Å². The van der Waals surface area contributed by atoms with Gasteiger partial charge in [0.15, 0.2) is 0 Å². The number of aromatic nitrogens is 1. The molecule has 14 heavy (non-hydrogen) atoms. The van der Waals surface area contributed by atoms with E-state index in [0.717, 1.165) is 0 Å². The molecule has 0 saturated carbocycles. The van der Waals surface area contributed by atoms with Crippen LogP contribution in [-0.2, 0) is 0 Å². The van der Waals surface area contributed by atoms with Gasteiger partial charge in [-0.25, -0.2) is 4.98 Å². The molecule has 0 bridgehead atoms. The fourth-order valence-corrected chi connectivity index (χ4v) is 0.854. The Morgan fingerprint density at radius 3 is 2.57 bits per heavy atom. The van der Waals surface area contributed by atoms with Crippen molar-refractivity contribution in [3.8, 4) is 18.0 Å². The summed E-state index contributed by atoms with van der Waals surface area (Å²) in [5, 5.41) is 17.0. The highest BCUT2D eigenvalue weighted by atomic mass is 16.5. The summed E-state index contributed by atoms with van der Waals surface area (Å²) in [4.78, 5) is 3.93. The van der Waals surface area contributed by atoms with E-state index in [4.69, 9.17) is 15.3 Å². The summed E-state index contributed by atoms with van der Waals surface area (Å²) >= 11 is 0. The molecule has 0 aromatic carbocycles. The molecule has 0 radical (unpaired) electrons. The van der Waals surface area contributed by atoms with Crippen LogP contribution in [0.3, 0.4) is 0 Å². The molecule has 0 fully saturated rings. The van der Waals surface area contributed by atoms with Gasteiger partial charge in [-0.3, -0.25) is 0 Å². The number of allylic oxidation sites excluding steroid dienone is 1. The van der Waals surface area contributed by atoms with Crippen LogP contribution in [0.1, 0.15) is 5.56 Å². The first-order chi connectivity index (χ1) is 6.80. The molecule has 1 heterocycles. The number of methoxy groups -OCH3 is 1. The van der Waals surface area contributed by atoms with Crippen molar-refractivity contribution in [3.63, 3.8) is 0 Å². The first-order valence-corrected chi connectivity index (χ1v) is 3.82. The summed E-state index contributed by atoms with van der Waals surface area (Å²) in [5.74, 6) is 0.498. The first kappa shape index (κ1) is 9.76. The Bertz CT molecular complexity index is 404. The highest BCUT2D eigenvalue weighted by Gasteiger charge is 1.95. The van der Waals surface area contributed by atoms with E-state index >= 15 is 0 Å². The Morgan fingerprint density at radius 2 is 2.14 bits per heavy atom. The molecule has 0 aliphatic heterocycles. The highest BCUT2D eigenvalue weighted by Crippen LogP contribution is 2.09. The van der Waals surface area contributed by atoms with E-state index in [2.05, 4.69) is 4.98 Å². The lowest BCUT2D eigenvalue weighted by Crippen LogP contribution is -1.86. The zero-order valence-electron chi connectivity index (χ0n) is 7.56. The van der Waals surface area contributed by atoms with Crippen LogP contribution in [0.2, 0.25) is 0 Å². The molecular weight excluding hydrogens is 178 g/mol. The van der Waals surface area contributed by atoms with Crippen molar-refractivity contribution in [3.05, 3.63) is 29.5 Å². The van der Waals surface area contributed by atoms with Crippen LogP contribution in [0.4, 0.5) is 0 Å². The molecule has 0 unspecified atom stereocenters. The molecule has 0 aliphatic carbocycles. The molecule has 0 N–H and O–H groups in total. The average molecular weight is 185 g/mol. The largest absolute Gasteiger partial charge is 0.481 e. The fourth-order valence-electron chi connectivity index (χ4n) is 0.854. The van der Waals surface area contributed by atoms with E-state index in [-0.39, 0.29) is 5.57 Å². The number of hydrogen-bond acceptors (Lipinski definition) is 4. The molecule has 0 spiro atoms. The third-order valence-corrected chi connectivity index (χ3v) is 1.52. The molecule has 0 saturated heterocycles. The maximum absolute atomic E-state index is 8.50. The maximum atomic E-state index is 8.50. The van der Waals surface area contributed by atoms with Gasteiger partial charge >= 0.3 is 0 Å². The van der Waals surface area contributed by atoms with Crippen LogP contribution in [0, 0.1) is 22.7 Å². The van der Waals surface area contributed by atoms with Crippen LogP contribution in [0.15, 0.2) is 23.9 Å². The van der Waals surface area contributed by atoms with Crippen molar-refractivity contribution in [1.29, 1.82) is 10.5 Å². The predicted octanol–water partition coefficient (Wildman–Crippen LogP) is 1.52. The zero-order chi connectivity index (χ0) is 10.4. The summed E-state index contributed by atoms with van der Waals surface area (Å²) in [6, 6.07) is 6.93. The zero-order valence-corrected chi connectivity index (χ0v) is 7.56. The van der Waals surface area contributed by atoms with Crippen LogP contribution >= 0.6 is 0 Å². The fraction of sp³-hybridized carbons (Fsp3) is 0.100. The topological polar surface area (TPSA) is 69.7 Å². The lowest BCUT2D eigenvalue weighted by molar-refractivity contribution is 0.398.